The third-order valence-corrected chi connectivity index (χ3v) is 7.93. The predicted octanol–water partition coefficient (Wildman–Crippen LogP) is 4.20. The molecule has 4 amide bonds. The van der Waals surface area contributed by atoms with Gasteiger partial charge in [0.05, 0.1) is 0 Å². The van der Waals surface area contributed by atoms with Gasteiger partial charge < -0.3 is 4.74 Å². The molecule has 1 aromatic heterocycles. The summed E-state index contributed by atoms with van der Waals surface area (Å²) in [4.78, 5) is 57.4. The summed E-state index contributed by atoms with van der Waals surface area (Å²) in [7, 11) is 0. The Bertz CT molecular complexity index is 1800. The van der Waals surface area contributed by atoms with Gasteiger partial charge in [-0.25, -0.2) is 0 Å². The lowest BCUT2D eigenvalue weighted by molar-refractivity contribution is 0.0331. The maximum Gasteiger partial charge on any atom is 0.355 e. The van der Waals surface area contributed by atoms with Crippen LogP contribution in [0.5, 0.6) is 6.01 Å². The minimum absolute atomic E-state index is 0.176. The van der Waals surface area contributed by atoms with Crippen LogP contribution in [0, 0.1) is 5.41 Å². The highest BCUT2D eigenvalue weighted by Gasteiger charge is 2.43. The Labute approximate surface area is 249 Å². The van der Waals surface area contributed by atoms with Crippen molar-refractivity contribution in [3.8, 4) is 6.01 Å². The molecule has 2 aliphatic heterocycles. The van der Waals surface area contributed by atoms with Crippen LogP contribution in [0.25, 0.3) is 21.5 Å². The fourth-order valence-corrected chi connectivity index (χ4v) is 5.93. The maximum atomic E-state index is 13.8. The molecule has 11 nitrogen and oxygen atoms in total. The van der Waals surface area contributed by atoms with E-state index in [1.54, 1.807) is 55.5 Å². The standard InChI is InChI=1S/C31H21ClN6O5/c1-31(16-43-30-35-33-29(32)34-36-30,14-37-25(39)19-10-2-6-17-7-3-11-20(23(17)19)26(37)40)15-38-27(41)21-12-4-8-18-9-5-13-22(24(18)21)28(38)42/h2-13H,14-16H2,1H3. The summed E-state index contributed by atoms with van der Waals surface area (Å²) in [5.41, 5.74) is 0.361. The number of hydrogen-bond donors (Lipinski definition) is 0. The van der Waals surface area contributed by atoms with E-state index in [4.69, 9.17) is 16.3 Å². The van der Waals surface area contributed by atoms with Gasteiger partial charge in [0, 0.05) is 51.5 Å². The average molecular weight is 593 g/mol. The first kappa shape index (κ1) is 26.6. The lowest BCUT2D eigenvalue weighted by Gasteiger charge is -2.39. The summed E-state index contributed by atoms with van der Waals surface area (Å²) in [6.45, 7) is 1.14. The van der Waals surface area contributed by atoms with E-state index in [0.29, 0.717) is 33.0 Å². The highest BCUT2D eigenvalue weighted by molar-refractivity contribution is 6.28. The third-order valence-electron chi connectivity index (χ3n) is 7.78. The van der Waals surface area contributed by atoms with Crippen molar-refractivity contribution < 1.29 is 23.9 Å². The first-order chi connectivity index (χ1) is 20.7. The molecule has 0 saturated heterocycles. The van der Waals surface area contributed by atoms with E-state index < -0.39 is 29.0 Å². The van der Waals surface area contributed by atoms with Crippen LogP contribution in [-0.2, 0) is 0 Å². The van der Waals surface area contributed by atoms with Gasteiger partial charge in [0.15, 0.2) is 0 Å². The zero-order valence-electron chi connectivity index (χ0n) is 22.7. The monoisotopic (exact) mass is 592 g/mol. The molecular formula is C31H21ClN6O5. The summed E-state index contributed by atoms with van der Waals surface area (Å²) in [6.07, 6.45) is 0. The minimum atomic E-state index is -1.18. The highest BCUT2D eigenvalue weighted by atomic mass is 35.5. The molecular weight excluding hydrogens is 572 g/mol. The van der Waals surface area contributed by atoms with Crippen LogP contribution in [0.3, 0.4) is 0 Å². The quantitative estimate of drug-likeness (QED) is 0.255. The van der Waals surface area contributed by atoms with Crippen molar-refractivity contribution in [2.45, 2.75) is 6.92 Å². The van der Waals surface area contributed by atoms with Crippen LogP contribution >= 0.6 is 11.6 Å². The van der Waals surface area contributed by atoms with E-state index >= 15 is 0 Å². The van der Waals surface area contributed by atoms with Gasteiger partial charge in [-0.15, -0.1) is 10.2 Å². The van der Waals surface area contributed by atoms with Gasteiger partial charge >= 0.3 is 6.01 Å². The molecule has 0 saturated carbocycles. The lowest BCUT2D eigenvalue weighted by Crippen LogP contribution is -2.54. The van der Waals surface area contributed by atoms with Gasteiger partial charge in [0.2, 0.25) is 0 Å². The average Bonchev–Trinajstić information content (AvgIpc) is 3.02. The largest absolute Gasteiger partial charge is 0.461 e. The van der Waals surface area contributed by atoms with Crippen molar-refractivity contribution in [3.05, 3.63) is 100 Å². The molecule has 0 spiro atoms. The molecule has 4 aromatic carbocycles. The number of imide groups is 2. The molecule has 0 unspecified atom stereocenters. The Balaban J connectivity index is 1.26. The number of hydrogen-bond acceptors (Lipinski definition) is 9. The summed E-state index contributed by atoms with van der Waals surface area (Å²) < 4.78 is 5.80. The second kappa shape index (κ2) is 9.92. The summed E-state index contributed by atoms with van der Waals surface area (Å²) in [6, 6.07) is 20.9. The number of carbonyl (C=O) groups is 4. The zero-order chi connectivity index (χ0) is 29.9. The van der Waals surface area contributed by atoms with Crippen LogP contribution in [0.1, 0.15) is 48.4 Å². The second-order valence-corrected chi connectivity index (χ2v) is 11.2. The fraction of sp³-hybridized carbons (Fsp3) is 0.161. The van der Waals surface area contributed by atoms with Crippen molar-refractivity contribution in [2.24, 2.45) is 5.41 Å². The number of rotatable bonds is 7. The van der Waals surface area contributed by atoms with Gasteiger partial charge in [-0.1, -0.05) is 65.7 Å². The van der Waals surface area contributed by atoms with Crippen LogP contribution in [0.15, 0.2) is 72.8 Å². The number of amides is 4. The smallest absolute Gasteiger partial charge is 0.355 e. The number of nitrogens with zero attached hydrogens (tertiary/aromatic N) is 6. The molecule has 2 aliphatic rings. The molecule has 0 bridgehead atoms. The van der Waals surface area contributed by atoms with E-state index in [1.165, 1.54) is 0 Å². The van der Waals surface area contributed by atoms with Gasteiger partial charge in [-0.05, 0) is 46.6 Å². The van der Waals surface area contributed by atoms with E-state index in [-0.39, 0.29) is 31.0 Å². The topological polar surface area (TPSA) is 136 Å². The van der Waals surface area contributed by atoms with Crippen LogP contribution in [0.4, 0.5) is 0 Å². The fourth-order valence-electron chi connectivity index (χ4n) is 5.86. The van der Waals surface area contributed by atoms with Gasteiger partial charge in [-0.3, -0.25) is 29.0 Å². The second-order valence-electron chi connectivity index (χ2n) is 10.9. The molecule has 0 radical (unpaired) electrons. The van der Waals surface area contributed by atoms with Gasteiger partial charge in [-0.2, -0.15) is 0 Å². The molecule has 12 heteroatoms. The van der Waals surface area contributed by atoms with E-state index in [1.807, 2.05) is 24.3 Å². The molecule has 3 heterocycles. The Hall–Kier alpha value is -5.29. The number of carbonyl (C=O) groups excluding carboxylic acids is 4. The van der Waals surface area contributed by atoms with Crippen molar-refractivity contribution >= 4 is 56.8 Å². The van der Waals surface area contributed by atoms with E-state index in [0.717, 1.165) is 20.6 Å². The summed E-state index contributed by atoms with van der Waals surface area (Å²) in [5, 5.41) is 17.4. The Morgan fingerprint density at radius 3 is 1.37 bits per heavy atom. The van der Waals surface area contributed by atoms with Crippen LogP contribution in [-0.4, -0.2) is 73.5 Å². The number of halogens is 1. The van der Waals surface area contributed by atoms with E-state index in [2.05, 4.69) is 20.4 Å². The van der Waals surface area contributed by atoms with Crippen molar-refractivity contribution in [1.29, 1.82) is 0 Å². The Kier molecular flexibility index (Phi) is 6.13. The van der Waals surface area contributed by atoms with Crippen molar-refractivity contribution in [3.63, 3.8) is 0 Å². The SMILES string of the molecule is CC(COc1nnc(Cl)nn1)(CN1C(=O)c2cccc3cccc(c23)C1=O)CN1C(=O)c2cccc3cccc(c23)C1=O. The normalized spacial score (nSPS) is 14.7. The van der Waals surface area contributed by atoms with Gasteiger partial charge in [0.25, 0.3) is 28.9 Å². The lowest BCUT2D eigenvalue weighted by atomic mass is 9.86. The Morgan fingerprint density at radius 2 is 1.00 bits per heavy atom. The molecule has 43 heavy (non-hydrogen) atoms. The molecule has 212 valence electrons. The zero-order valence-corrected chi connectivity index (χ0v) is 23.4. The Morgan fingerprint density at radius 1 is 0.628 bits per heavy atom. The first-order valence-corrected chi connectivity index (χ1v) is 13.7. The predicted molar refractivity (Wildman–Crippen MR) is 155 cm³/mol. The van der Waals surface area contributed by atoms with Gasteiger partial charge in [0.1, 0.15) is 6.61 Å². The van der Waals surface area contributed by atoms with Crippen molar-refractivity contribution in [1.82, 2.24) is 30.2 Å². The molecule has 0 N–H and O–H groups in total. The first-order valence-electron chi connectivity index (χ1n) is 13.4. The van der Waals surface area contributed by atoms with E-state index in [9.17, 15) is 19.2 Å². The molecule has 0 atom stereocenters. The molecule has 5 aromatic rings. The van der Waals surface area contributed by atoms with Crippen molar-refractivity contribution in [2.75, 3.05) is 19.7 Å². The third kappa shape index (κ3) is 4.36. The van der Waals surface area contributed by atoms with Crippen LogP contribution in [0.2, 0.25) is 5.28 Å². The number of ether oxygens (including phenoxy) is 1. The molecule has 7 rings (SSSR count). The highest BCUT2D eigenvalue weighted by Crippen LogP contribution is 2.35. The minimum Gasteiger partial charge on any atom is -0.461 e. The molecule has 0 fully saturated rings. The maximum absolute atomic E-state index is 13.8. The van der Waals surface area contributed by atoms with Crippen LogP contribution < -0.4 is 4.74 Å². The summed E-state index contributed by atoms with van der Waals surface area (Å²) in [5.74, 6) is -1.95. The number of benzene rings is 4. The molecule has 0 aliphatic carbocycles. The number of aromatic nitrogens is 4. The summed E-state index contributed by atoms with van der Waals surface area (Å²) >= 11 is 5.71.